The van der Waals surface area contributed by atoms with Crippen LogP contribution in [0.1, 0.15) is 33.6 Å². The molecular weight excluding hydrogens is 421 g/mol. The summed E-state index contributed by atoms with van der Waals surface area (Å²) in [6.07, 6.45) is 3.79. The standard InChI is InChI=1S/C24H23Cl2NO3/c1-30-20-6-2-4-18(14-20)5-3-7-23-21(25)15-22(26)24(29)27(23)13-12-17-8-10-19(16-28)11-9-17/h2,4,6,8-11,14-16H,3,5,7,12-13H2,1H3. The quantitative estimate of drug-likeness (QED) is 0.416. The fraction of sp³-hybridized carbons (Fsp3) is 0.250. The predicted molar refractivity (Wildman–Crippen MR) is 121 cm³/mol. The average molecular weight is 444 g/mol. The minimum absolute atomic E-state index is 0.118. The molecule has 1 heterocycles. The SMILES string of the molecule is COc1cccc(CCCc2c(Cl)cc(Cl)c(=O)n2CCc2ccc(C=O)cc2)c1. The Kier molecular flexibility index (Phi) is 7.72. The smallest absolute Gasteiger partial charge is 0.269 e. The molecule has 156 valence electrons. The van der Waals surface area contributed by atoms with Crippen LogP contribution in [0.4, 0.5) is 0 Å². The molecular formula is C24H23Cl2NO3. The van der Waals surface area contributed by atoms with Crippen molar-refractivity contribution in [2.24, 2.45) is 0 Å². The Morgan fingerprint density at radius 3 is 2.40 bits per heavy atom. The van der Waals surface area contributed by atoms with Crippen LogP contribution in [-0.4, -0.2) is 18.0 Å². The number of carbonyl (C=O) groups excluding carboxylic acids is 1. The van der Waals surface area contributed by atoms with Gasteiger partial charge in [-0.25, -0.2) is 0 Å². The van der Waals surface area contributed by atoms with Gasteiger partial charge in [0.25, 0.3) is 5.56 Å². The van der Waals surface area contributed by atoms with E-state index in [0.29, 0.717) is 30.0 Å². The first-order valence-electron chi connectivity index (χ1n) is 9.76. The van der Waals surface area contributed by atoms with Crippen molar-refractivity contribution in [1.29, 1.82) is 0 Å². The highest BCUT2D eigenvalue weighted by Crippen LogP contribution is 2.22. The Balaban J connectivity index is 1.75. The molecule has 3 rings (SSSR count). The van der Waals surface area contributed by atoms with E-state index in [4.69, 9.17) is 27.9 Å². The van der Waals surface area contributed by atoms with Crippen LogP contribution in [0.2, 0.25) is 10.0 Å². The topological polar surface area (TPSA) is 48.3 Å². The summed E-state index contributed by atoms with van der Waals surface area (Å²) in [6.45, 7) is 0.466. The van der Waals surface area contributed by atoms with Gasteiger partial charge in [-0.15, -0.1) is 0 Å². The van der Waals surface area contributed by atoms with E-state index in [1.54, 1.807) is 23.8 Å². The first-order valence-corrected chi connectivity index (χ1v) is 10.5. The third-order valence-corrected chi connectivity index (χ3v) is 5.66. The normalized spacial score (nSPS) is 10.8. The predicted octanol–water partition coefficient (Wildman–Crippen LogP) is 5.39. The van der Waals surface area contributed by atoms with E-state index >= 15 is 0 Å². The zero-order valence-electron chi connectivity index (χ0n) is 16.7. The number of halogens is 2. The molecule has 0 fully saturated rings. The molecule has 1 aromatic heterocycles. The molecule has 6 heteroatoms. The number of hydrogen-bond acceptors (Lipinski definition) is 3. The summed E-state index contributed by atoms with van der Waals surface area (Å²) < 4.78 is 6.95. The number of aromatic nitrogens is 1. The second kappa shape index (κ2) is 10.5. The Morgan fingerprint density at radius 2 is 1.70 bits per heavy atom. The van der Waals surface area contributed by atoms with E-state index in [1.165, 1.54) is 11.6 Å². The van der Waals surface area contributed by atoms with Crippen LogP contribution in [0.5, 0.6) is 5.75 Å². The summed E-state index contributed by atoms with van der Waals surface area (Å²) in [7, 11) is 1.65. The lowest BCUT2D eigenvalue weighted by atomic mass is 10.1. The Labute approximate surface area is 186 Å². The number of pyridine rings is 1. The zero-order valence-corrected chi connectivity index (χ0v) is 18.2. The molecule has 0 saturated carbocycles. The number of aldehydes is 1. The fourth-order valence-corrected chi connectivity index (χ4v) is 3.99. The van der Waals surface area contributed by atoms with Crippen molar-refractivity contribution in [3.63, 3.8) is 0 Å². The van der Waals surface area contributed by atoms with Gasteiger partial charge in [0.15, 0.2) is 0 Å². The second-order valence-corrected chi connectivity index (χ2v) is 7.87. The molecule has 0 N–H and O–H groups in total. The van der Waals surface area contributed by atoms with Gasteiger partial charge in [0.2, 0.25) is 0 Å². The fourth-order valence-electron chi connectivity index (χ4n) is 3.42. The van der Waals surface area contributed by atoms with Crippen LogP contribution in [0.3, 0.4) is 0 Å². The minimum Gasteiger partial charge on any atom is -0.497 e. The van der Waals surface area contributed by atoms with Crippen molar-refractivity contribution in [2.75, 3.05) is 7.11 Å². The first-order chi connectivity index (χ1) is 14.5. The van der Waals surface area contributed by atoms with Crippen LogP contribution in [0.15, 0.2) is 59.4 Å². The van der Waals surface area contributed by atoms with Crippen LogP contribution in [0.25, 0.3) is 0 Å². The van der Waals surface area contributed by atoms with Crippen molar-refractivity contribution >= 4 is 29.5 Å². The summed E-state index contributed by atoms with van der Waals surface area (Å²) in [6, 6.07) is 16.8. The Hall–Kier alpha value is -2.56. The van der Waals surface area contributed by atoms with Gasteiger partial charge in [0, 0.05) is 17.8 Å². The molecule has 30 heavy (non-hydrogen) atoms. The van der Waals surface area contributed by atoms with Crippen LogP contribution in [0, 0.1) is 0 Å². The lowest BCUT2D eigenvalue weighted by Gasteiger charge is -2.15. The molecule has 4 nitrogen and oxygen atoms in total. The summed E-state index contributed by atoms with van der Waals surface area (Å²) in [4.78, 5) is 23.5. The maximum Gasteiger partial charge on any atom is 0.269 e. The van der Waals surface area contributed by atoms with Crippen molar-refractivity contribution in [3.8, 4) is 5.75 Å². The Morgan fingerprint density at radius 1 is 0.933 bits per heavy atom. The van der Waals surface area contributed by atoms with Crippen LogP contribution >= 0.6 is 23.2 Å². The van der Waals surface area contributed by atoms with Crippen molar-refractivity contribution in [1.82, 2.24) is 4.57 Å². The van der Waals surface area contributed by atoms with Crippen molar-refractivity contribution in [2.45, 2.75) is 32.2 Å². The molecule has 0 aliphatic heterocycles. The van der Waals surface area contributed by atoms with Gasteiger partial charge >= 0.3 is 0 Å². The molecule has 0 saturated heterocycles. The number of rotatable bonds is 9. The summed E-state index contributed by atoms with van der Waals surface area (Å²) in [5.74, 6) is 0.828. The molecule has 0 unspecified atom stereocenters. The number of ether oxygens (including phenoxy) is 1. The number of benzene rings is 2. The summed E-state index contributed by atoms with van der Waals surface area (Å²) >= 11 is 12.6. The minimum atomic E-state index is -0.234. The highest BCUT2D eigenvalue weighted by molar-refractivity contribution is 6.34. The largest absolute Gasteiger partial charge is 0.497 e. The van der Waals surface area contributed by atoms with E-state index in [9.17, 15) is 9.59 Å². The third-order valence-electron chi connectivity index (χ3n) is 5.06. The number of nitrogens with zero attached hydrogens (tertiary/aromatic N) is 1. The van der Waals surface area contributed by atoms with E-state index in [2.05, 4.69) is 6.07 Å². The molecule has 0 radical (unpaired) electrons. The monoisotopic (exact) mass is 443 g/mol. The van der Waals surface area contributed by atoms with Crippen molar-refractivity contribution in [3.05, 3.63) is 97.4 Å². The number of carbonyl (C=O) groups is 1. The van der Waals surface area contributed by atoms with E-state index in [-0.39, 0.29) is 10.6 Å². The van der Waals surface area contributed by atoms with E-state index in [1.807, 2.05) is 30.3 Å². The van der Waals surface area contributed by atoms with Crippen LogP contribution in [-0.2, 0) is 25.8 Å². The lowest BCUT2D eigenvalue weighted by molar-refractivity contribution is 0.112. The molecule has 0 aliphatic rings. The van der Waals surface area contributed by atoms with Crippen LogP contribution < -0.4 is 10.3 Å². The molecule has 0 amide bonds. The molecule has 0 spiro atoms. The second-order valence-electron chi connectivity index (χ2n) is 7.06. The molecule has 0 bridgehead atoms. The average Bonchev–Trinajstić information content (AvgIpc) is 2.77. The third kappa shape index (κ3) is 5.53. The van der Waals surface area contributed by atoms with E-state index in [0.717, 1.165) is 36.1 Å². The van der Waals surface area contributed by atoms with Gasteiger partial charge in [0.05, 0.1) is 12.1 Å². The lowest BCUT2D eigenvalue weighted by Crippen LogP contribution is -2.25. The number of methoxy groups -OCH3 is 1. The van der Waals surface area contributed by atoms with Crippen molar-refractivity contribution < 1.29 is 9.53 Å². The van der Waals surface area contributed by atoms with Gasteiger partial charge in [-0.3, -0.25) is 9.59 Å². The summed E-state index contributed by atoms with van der Waals surface area (Å²) in [5.41, 5.74) is 3.38. The van der Waals surface area contributed by atoms with Gasteiger partial charge in [-0.1, -0.05) is 59.6 Å². The van der Waals surface area contributed by atoms with E-state index < -0.39 is 0 Å². The summed E-state index contributed by atoms with van der Waals surface area (Å²) in [5, 5.41) is 0.620. The zero-order chi connectivity index (χ0) is 21.5. The van der Waals surface area contributed by atoms with Gasteiger partial charge in [-0.05, 0) is 55.0 Å². The highest BCUT2D eigenvalue weighted by atomic mass is 35.5. The van der Waals surface area contributed by atoms with Gasteiger partial charge in [-0.2, -0.15) is 0 Å². The Bertz CT molecular complexity index is 1070. The maximum absolute atomic E-state index is 12.7. The van der Waals surface area contributed by atoms with Gasteiger partial charge in [0.1, 0.15) is 17.1 Å². The number of aryl methyl sites for hydroxylation is 2. The molecule has 0 aliphatic carbocycles. The molecule has 3 aromatic rings. The molecule has 0 atom stereocenters. The first kappa shape index (κ1) is 22.1. The molecule has 2 aromatic carbocycles. The highest BCUT2D eigenvalue weighted by Gasteiger charge is 2.13. The van der Waals surface area contributed by atoms with Gasteiger partial charge < -0.3 is 9.30 Å². The maximum atomic E-state index is 12.7. The number of hydrogen-bond donors (Lipinski definition) is 0.